The molecule has 162 valence electrons. The number of fused-ring (bicyclic) bond motifs is 1. The number of nitrogens with two attached hydrogens (primary N) is 1. The second kappa shape index (κ2) is 8.73. The van der Waals surface area contributed by atoms with Crippen molar-refractivity contribution in [1.82, 2.24) is 10.6 Å². The van der Waals surface area contributed by atoms with E-state index in [0.717, 1.165) is 17.0 Å². The maximum Gasteiger partial charge on any atom is 0.251 e. The summed E-state index contributed by atoms with van der Waals surface area (Å²) in [6.45, 7) is 5.55. The first-order chi connectivity index (χ1) is 14.2. The van der Waals surface area contributed by atoms with Crippen LogP contribution in [0.4, 0.5) is 5.69 Å². The number of aromatic hydroxyl groups is 1. The Bertz CT molecular complexity index is 884. The Hall–Kier alpha value is -3.10. The van der Waals surface area contributed by atoms with E-state index in [2.05, 4.69) is 27.9 Å². The summed E-state index contributed by atoms with van der Waals surface area (Å²) in [7, 11) is 0. The third-order valence-electron chi connectivity index (χ3n) is 5.90. The van der Waals surface area contributed by atoms with Gasteiger partial charge in [0.15, 0.2) is 6.04 Å². The molecule has 5 atom stereocenters. The van der Waals surface area contributed by atoms with E-state index in [9.17, 15) is 19.5 Å². The van der Waals surface area contributed by atoms with E-state index in [1.807, 2.05) is 19.9 Å². The zero-order valence-electron chi connectivity index (χ0n) is 17.4. The molecule has 3 amide bonds. The predicted molar refractivity (Wildman–Crippen MR) is 113 cm³/mol. The molecule has 9 nitrogen and oxygen atoms in total. The largest absolute Gasteiger partial charge is 0.508 e. The Morgan fingerprint density at radius 3 is 2.73 bits per heavy atom. The quantitative estimate of drug-likeness (QED) is 0.402. The molecule has 0 bridgehead atoms. The lowest BCUT2D eigenvalue weighted by atomic mass is 9.90. The monoisotopic (exact) mass is 415 g/mol. The van der Waals surface area contributed by atoms with Gasteiger partial charge in [0.25, 0.3) is 5.91 Å². The number of aliphatic imine (C=N–C) groups is 1. The number of hydrogen-bond donors (Lipinski definition) is 5. The molecular formula is C21H29N5O4. The number of benzene rings is 1. The summed E-state index contributed by atoms with van der Waals surface area (Å²) in [5.41, 5.74) is 8.13. The van der Waals surface area contributed by atoms with Crippen molar-refractivity contribution >= 4 is 29.1 Å². The van der Waals surface area contributed by atoms with Gasteiger partial charge in [-0.05, 0) is 30.9 Å². The zero-order valence-corrected chi connectivity index (χ0v) is 17.4. The fourth-order valence-corrected chi connectivity index (χ4v) is 3.84. The van der Waals surface area contributed by atoms with Gasteiger partial charge in [-0.15, -0.1) is 0 Å². The maximum atomic E-state index is 12.3. The molecule has 1 aromatic carbocycles. The van der Waals surface area contributed by atoms with Crippen LogP contribution in [0.3, 0.4) is 0 Å². The highest BCUT2D eigenvalue weighted by Crippen LogP contribution is 2.41. The van der Waals surface area contributed by atoms with Crippen molar-refractivity contribution in [3.8, 4) is 5.75 Å². The molecule has 0 aromatic heterocycles. The molecule has 0 aliphatic carbocycles. The van der Waals surface area contributed by atoms with Crippen LogP contribution in [0.1, 0.15) is 45.1 Å². The summed E-state index contributed by atoms with van der Waals surface area (Å²) >= 11 is 0. The van der Waals surface area contributed by atoms with Gasteiger partial charge in [-0.1, -0.05) is 26.3 Å². The summed E-state index contributed by atoms with van der Waals surface area (Å²) in [5, 5.41) is 18.1. The third-order valence-corrected chi connectivity index (χ3v) is 5.90. The molecule has 3 rings (SSSR count). The van der Waals surface area contributed by atoms with Gasteiger partial charge in [0.1, 0.15) is 11.8 Å². The molecule has 1 aromatic rings. The Kier molecular flexibility index (Phi) is 6.28. The molecule has 2 aliphatic rings. The van der Waals surface area contributed by atoms with E-state index in [1.54, 1.807) is 12.1 Å². The summed E-state index contributed by atoms with van der Waals surface area (Å²) in [4.78, 5) is 40.2. The molecule has 0 spiro atoms. The second-order valence-electron chi connectivity index (χ2n) is 8.09. The number of amides is 3. The molecule has 0 radical (unpaired) electrons. The number of carbonyl (C=O) groups excluding carboxylic acids is 3. The van der Waals surface area contributed by atoms with Gasteiger partial charge in [-0.25, -0.2) is 0 Å². The lowest BCUT2D eigenvalue weighted by Gasteiger charge is -2.21. The summed E-state index contributed by atoms with van der Waals surface area (Å²) in [6.07, 6.45) is 1.32. The lowest BCUT2D eigenvalue weighted by molar-refractivity contribution is -0.129. The molecule has 0 saturated heterocycles. The first kappa shape index (κ1) is 21.6. The molecule has 2 aliphatic heterocycles. The van der Waals surface area contributed by atoms with Crippen LogP contribution in [0, 0.1) is 5.92 Å². The Balaban J connectivity index is 1.47. The summed E-state index contributed by atoms with van der Waals surface area (Å²) < 4.78 is 0. The van der Waals surface area contributed by atoms with Crippen molar-refractivity contribution in [2.24, 2.45) is 16.6 Å². The van der Waals surface area contributed by atoms with Crippen LogP contribution in [-0.4, -0.2) is 53.2 Å². The average molecular weight is 415 g/mol. The molecule has 0 fully saturated rings. The SMILES string of the molecule is CC[C@H](C)[C@H](NC(=O)CNC(=O)[C@@H]1N=C1CC1c2ccc(O)cc2NC1C)C(N)=O. The minimum Gasteiger partial charge on any atom is -0.508 e. The van der Waals surface area contributed by atoms with Gasteiger partial charge >= 0.3 is 0 Å². The van der Waals surface area contributed by atoms with E-state index in [1.165, 1.54) is 0 Å². The number of hydrogen-bond acceptors (Lipinski definition) is 6. The van der Waals surface area contributed by atoms with Crippen LogP contribution in [0.2, 0.25) is 0 Å². The molecule has 9 heteroatoms. The van der Waals surface area contributed by atoms with E-state index < -0.39 is 23.9 Å². The average Bonchev–Trinajstić information content (AvgIpc) is 3.40. The number of carbonyl (C=O) groups is 3. The molecule has 2 unspecified atom stereocenters. The lowest BCUT2D eigenvalue weighted by Crippen LogP contribution is -2.51. The highest BCUT2D eigenvalue weighted by Gasteiger charge is 2.40. The number of rotatable bonds is 9. The smallest absolute Gasteiger partial charge is 0.251 e. The van der Waals surface area contributed by atoms with E-state index in [0.29, 0.717) is 12.8 Å². The van der Waals surface area contributed by atoms with Gasteiger partial charge in [0.2, 0.25) is 11.8 Å². The van der Waals surface area contributed by atoms with Gasteiger partial charge in [-0.3, -0.25) is 19.4 Å². The zero-order chi connectivity index (χ0) is 22.0. The molecule has 2 heterocycles. The topological polar surface area (TPSA) is 146 Å². The fraction of sp³-hybridized carbons (Fsp3) is 0.524. The van der Waals surface area contributed by atoms with Crippen molar-refractivity contribution in [3.05, 3.63) is 23.8 Å². The van der Waals surface area contributed by atoms with Gasteiger partial charge < -0.3 is 26.8 Å². The standard InChI is InChI=1S/C21H29N5O4/c1-4-10(2)18(20(22)29)26-17(28)9-23-21(30)19-16(25-19)8-14-11(3)24-15-7-12(27)5-6-13(14)15/h5-7,10-11,14,18-19,24,27H,4,8-9H2,1-3H3,(H2,22,29)(H,23,30)(H,26,28)/t10-,11?,14?,18-,19+/m0/s1. The first-order valence-electron chi connectivity index (χ1n) is 10.2. The number of primary amides is 1. The molecule has 0 saturated carbocycles. The van der Waals surface area contributed by atoms with Crippen molar-refractivity contribution < 1.29 is 19.5 Å². The summed E-state index contributed by atoms with van der Waals surface area (Å²) in [5.74, 6) is -1.11. The van der Waals surface area contributed by atoms with E-state index >= 15 is 0 Å². The minimum atomic E-state index is -0.761. The normalized spacial score (nSPS) is 23.4. The van der Waals surface area contributed by atoms with Gasteiger partial charge in [0.05, 0.1) is 6.54 Å². The minimum absolute atomic E-state index is 0.0904. The van der Waals surface area contributed by atoms with Gasteiger partial charge in [0, 0.05) is 29.4 Å². The Morgan fingerprint density at radius 2 is 2.07 bits per heavy atom. The summed E-state index contributed by atoms with van der Waals surface area (Å²) in [6, 6.07) is 4.09. The maximum absolute atomic E-state index is 12.3. The van der Waals surface area contributed by atoms with Crippen LogP contribution < -0.4 is 21.7 Å². The van der Waals surface area contributed by atoms with Crippen LogP contribution in [0.5, 0.6) is 5.75 Å². The van der Waals surface area contributed by atoms with Gasteiger partial charge in [-0.2, -0.15) is 0 Å². The number of phenolic OH excluding ortho intramolecular Hbond substituents is 1. The predicted octanol–water partition coefficient (Wildman–Crippen LogP) is 0.636. The molecule has 6 N–H and O–H groups in total. The Morgan fingerprint density at radius 1 is 1.33 bits per heavy atom. The third kappa shape index (κ3) is 4.72. The highest BCUT2D eigenvalue weighted by atomic mass is 16.3. The van der Waals surface area contributed by atoms with Crippen molar-refractivity contribution in [2.75, 3.05) is 11.9 Å². The number of anilines is 1. The van der Waals surface area contributed by atoms with Crippen LogP contribution in [-0.2, 0) is 14.4 Å². The number of phenols is 1. The Labute approximate surface area is 175 Å². The van der Waals surface area contributed by atoms with Crippen LogP contribution in [0.25, 0.3) is 0 Å². The van der Waals surface area contributed by atoms with E-state index in [-0.39, 0.29) is 36.1 Å². The van der Waals surface area contributed by atoms with Crippen molar-refractivity contribution in [1.29, 1.82) is 0 Å². The van der Waals surface area contributed by atoms with Crippen molar-refractivity contribution in [3.63, 3.8) is 0 Å². The molecule has 30 heavy (non-hydrogen) atoms. The van der Waals surface area contributed by atoms with Crippen LogP contribution in [0.15, 0.2) is 23.2 Å². The number of nitrogens with one attached hydrogen (secondary N) is 3. The first-order valence-corrected chi connectivity index (χ1v) is 10.2. The number of nitrogens with zero attached hydrogens (tertiary/aromatic N) is 1. The van der Waals surface area contributed by atoms with Crippen LogP contribution >= 0.6 is 0 Å². The molecular weight excluding hydrogens is 386 g/mol. The van der Waals surface area contributed by atoms with Crippen molar-refractivity contribution in [2.45, 2.75) is 57.7 Å². The van der Waals surface area contributed by atoms with E-state index in [4.69, 9.17) is 5.73 Å². The highest BCUT2D eigenvalue weighted by molar-refractivity contribution is 6.18. The second-order valence-corrected chi connectivity index (χ2v) is 8.09. The fourth-order valence-electron chi connectivity index (χ4n) is 3.84.